The molecule has 1 atom stereocenters. The molecule has 0 radical (unpaired) electrons. The molecule has 0 aromatic rings. The van der Waals surface area contributed by atoms with Gasteiger partial charge in [-0.15, -0.1) is 6.42 Å². The average Bonchev–Trinajstić information content (AvgIpc) is 2.18. The van der Waals surface area contributed by atoms with Crippen molar-refractivity contribution in [1.82, 2.24) is 0 Å². The first-order valence-electron chi connectivity index (χ1n) is 4.57. The lowest BCUT2D eigenvalue weighted by Gasteiger charge is -2.23. The Kier molecular flexibility index (Phi) is 5.67. The average molecular weight is 232 g/mol. The highest BCUT2D eigenvalue weighted by Gasteiger charge is 2.33. The van der Waals surface area contributed by atoms with Crippen LogP contribution in [-0.2, 0) is 18.1 Å². The SMILES string of the molecule is C#CC(C)(C)OP(=O)(OC)OC=CCC. The van der Waals surface area contributed by atoms with Gasteiger partial charge in [0, 0.05) is 7.11 Å². The number of hydrogen-bond acceptors (Lipinski definition) is 4. The minimum atomic E-state index is -3.60. The zero-order valence-electron chi connectivity index (χ0n) is 9.52. The van der Waals surface area contributed by atoms with Gasteiger partial charge in [-0.3, -0.25) is 9.05 Å². The second-order valence-electron chi connectivity index (χ2n) is 3.26. The Labute approximate surface area is 91.2 Å². The van der Waals surface area contributed by atoms with Crippen LogP contribution in [0.4, 0.5) is 0 Å². The Hall–Kier alpha value is -0.750. The third kappa shape index (κ3) is 5.64. The van der Waals surface area contributed by atoms with E-state index in [2.05, 4.69) is 10.4 Å². The molecule has 86 valence electrons. The lowest BCUT2D eigenvalue weighted by atomic mass is 10.2. The van der Waals surface area contributed by atoms with Crippen LogP contribution < -0.4 is 0 Å². The lowest BCUT2D eigenvalue weighted by molar-refractivity contribution is 0.0939. The van der Waals surface area contributed by atoms with E-state index in [4.69, 9.17) is 15.5 Å². The van der Waals surface area contributed by atoms with Crippen LogP contribution in [0.15, 0.2) is 12.3 Å². The molecule has 4 nitrogen and oxygen atoms in total. The van der Waals surface area contributed by atoms with Crippen molar-refractivity contribution in [2.24, 2.45) is 0 Å². The van der Waals surface area contributed by atoms with Gasteiger partial charge in [-0.25, -0.2) is 4.57 Å². The Balaban J connectivity index is 4.53. The largest absolute Gasteiger partial charge is 0.530 e. The molecular formula is C10H17O4P. The van der Waals surface area contributed by atoms with Crippen molar-refractivity contribution in [2.75, 3.05) is 7.11 Å². The molecule has 1 unspecified atom stereocenters. The minimum Gasteiger partial charge on any atom is -0.412 e. The third-order valence-electron chi connectivity index (χ3n) is 1.43. The standard InChI is InChI=1S/C10H17O4P/c1-6-8-9-13-15(11,12-5)14-10(3,4)7-2/h2,8-9H,6H2,1,3-5H3. The summed E-state index contributed by atoms with van der Waals surface area (Å²) in [4.78, 5) is 0. The predicted octanol–water partition coefficient (Wildman–Crippen LogP) is 3.11. The molecule has 5 heteroatoms. The van der Waals surface area contributed by atoms with Gasteiger partial charge in [0.1, 0.15) is 5.60 Å². The number of allylic oxidation sites excluding steroid dienone is 1. The molecule has 0 N–H and O–H groups in total. The van der Waals surface area contributed by atoms with Crippen molar-refractivity contribution in [3.05, 3.63) is 12.3 Å². The minimum absolute atomic E-state index is 0.766. The fraction of sp³-hybridized carbons (Fsp3) is 0.600. The van der Waals surface area contributed by atoms with Crippen molar-refractivity contribution in [3.8, 4) is 12.3 Å². The third-order valence-corrected chi connectivity index (χ3v) is 2.94. The van der Waals surface area contributed by atoms with E-state index in [1.54, 1.807) is 19.9 Å². The highest BCUT2D eigenvalue weighted by molar-refractivity contribution is 7.48. The molecule has 15 heavy (non-hydrogen) atoms. The number of rotatable bonds is 6. The normalized spacial score (nSPS) is 15.9. The summed E-state index contributed by atoms with van der Waals surface area (Å²) >= 11 is 0. The van der Waals surface area contributed by atoms with Gasteiger partial charge in [-0.1, -0.05) is 12.8 Å². The summed E-state index contributed by atoms with van der Waals surface area (Å²) < 4.78 is 26.5. The molecule has 0 saturated heterocycles. The molecule has 0 amide bonds. The monoisotopic (exact) mass is 232 g/mol. The van der Waals surface area contributed by atoms with Crippen LogP contribution in [-0.4, -0.2) is 12.7 Å². The number of hydrogen-bond donors (Lipinski definition) is 0. The second-order valence-corrected chi connectivity index (χ2v) is 4.91. The topological polar surface area (TPSA) is 44.8 Å². The van der Waals surface area contributed by atoms with Gasteiger partial charge in [0.2, 0.25) is 0 Å². The van der Waals surface area contributed by atoms with E-state index >= 15 is 0 Å². The molecule has 0 spiro atoms. The van der Waals surface area contributed by atoms with E-state index in [-0.39, 0.29) is 0 Å². The molecule has 0 aromatic carbocycles. The summed E-state index contributed by atoms with van der Waals surface area (Å²) in [5.41, 5.74) is -0.994. The van der Waals surface area contributed by atoms with Crippen LogP contribution in [0, 0.1) is 12.3 Å². The molecule has 0 rings (SSSR count). The fourth-order valence-corrected chi connectivity index (χ4v) is 1.67. The predicted molar refractivity (Wildman–Crippen MR) is 59.1 cm³/mol. The maximum atomic E-state index is 11.8. The van der Waals surface area contributed by atoms with Crippen molar-refractivity contribution >= 4 is 7.82 Å². The number of phosphoric ester groups is 1. The van der Waals surface area contributed by atoms with E-state index in [1.807, 2.05) is 6.92 Å². The molecule has 0 aliphatic rings. The molecule has 0 aromatic heterocycles. The quantitative estimate of drug-likeness (QED) is 0.401. The highest BCUT2D eigenvalue weighted by Crippen LogP contribution is 2.52. The summed E-state index contributed by atoms with van der Waals surface area (Å²) in [6.45, 7) is 5.13. The lowest BCUT2D eigenvalue weighted by Crippen LogP contribution is -2.20. The Morgan fingerprint density at radius 2 is 2.13 bits per heavy atom. The van der Waals surface area contributed by atoms with Gasteiger partial charge in [-0.05, 0) is 26.3 Å². The summed E-state index contributed by atoms with van der Waals surface area (Å²) in [6, 6.07) is 0. The molecule has 0 fully saturated rings. The second kappa shape index (κ2) is 5.97. The molecule has 0 bridgehead atoms. The summed E-state index contributed by atoms with van der Waals surface area (Å²) in [5.74, 6) is 2.34. The van der Waals surface area contributed by atoms with E-state index < -0.39 is 13.4 Å². The first-order chi connectivity index (χ1) is 6.89. The fourth-order valence-electron chi connectivity index (χ4n) is 0.621. The van der Waals surface area contributed by atoms with Gasteiger partial charge in [0.25, 0.3) is 0 Å². The van der Waals surface area contributed by atoms with Crippen LogP contribution >= 0.6 is 7.82 Å². The van der Waals surface area contributed by atoms with Crippen molar-refractivity contribution in [3.63, 3.8) is 0 Å². The summed E-state index contributed by atoms with van der Waals surface area (Å²) in [5, 5.41) is 0. The zero-order chi connectivity index (χ0) is 11.9. The Morgan fingerprint density at radius 3 is 2.53 bits per heavy atom. The van der Waals surface area contributed by atoms with E-state index in [0.717, 1.165) is 6.42 Å². The van der Waals surface area contributed by atoms with Crippen LogP contribution in [0.3, 0.4) is 0 Å². The molecular weight excluding hydrogens is 215 g/mol. The molecule has 0 aliphatic heterocycles. The van der Waals surface area contributed by atoms with Crippen molar-refractivity contribution in [2.45, 2.75) is 32.8 Å². The first-order valence-corrected chi connectivity index (χ1v) is 6.03. The van der Waals surface area contributed by atoms with E-state index in [9.17, 15) is 4.57 Å². The maximum absolute atomic E-state index is 11.8. The Bertz CT molecular complexity index is 301. The summed E-state index contributed by atoms with van der Waals surface area (Å²) in [7, 11) is -2.35. The van der Waals surface area contributed by atoms with Crippen molar-refractivity contribution < 1.29 is 18.1 Å². The summed E-state index contributed by atoms with van der Waals surface area (Å²) in [6.07, 6.45) is 8.94. The van der Waals surface area contributed by atoms with Crippen LogP contribution in [0.2, 0.25) is 0 Å². The highest BCUT2D eigenvalue weighted by atomic mass is 31.2. The Morgan fingerprint density at radius 1 is 1.53 bits per heavy atom. The van der Waals surface area contributed by atoms with Gasteiger partial charge < -0.3 is 4.52 Å². The zero-order valence-corrected chi connectivity index (χ0v) is 10.4. The maximum Gasteiger partial charge on any atom is 0.530 e. The van der Waals surface area contributed by atoms with Crippen LogP contribution in [0.5, 0.6) is 0 Å². The van der Waals surface area contributed by atoms with Gasteiger partial charge in [-0.2, -0.15) is 0 Å². The van der Waals surface area contributed by atoms with Gasteiger partial charge in [0.05, 0.1) is 6.26 Å². The molecule has 0 aliphatic carbocycles. The van der Waals surface area contributed by atoms with Gasteiger partial charge >= 0.3 is 7.82 Å². The van der Waals surface area contributed by atoms with Crippen molar-refractivity contribution in [1.29, 1.82) is 0 Å². The van der Waals surface area contributed by atoms with E-state index in [1.165, 1.54) is 13.4 Å². The first kappa shape index (κ1) is 14.2. The number of terminal acetylenes is 1. The van der Waals surface area contributed by atoms with E-state index in [0.29, 0.717) is 0 Å². The molecule has 0 saturated carbocycles. The van der Waals surface area contributed by atoms with Gasteiger partial charge in [0.15, 0.2) is 0 Å². The van der Waals surface area contributed by atoms with Crippen LogP contribution in [0.1, 0.15) is 27.2 Å². The number of phosphoric acid groups is 1. The molecule has 0 heterocycles. The van der Waals surface area contributed by atoms with Crippen LogP contribution in [0.25, 0.3) is 0 Å². The smallest absolute Gasteiger partial charge is 0.412 e.